The summed E-state index contributed by atoms with van der Waals surface area (Å²) in [5.41, 5.74) is 2.09. The van der Waals surface area contributed by atoms with Gasteiger partial charge in [0.15, 0.2) is 11.5 Å². The van der Waals surface area contributed by atoms with Crippen LogP contribution in [0.1, 0.15) is 37.8 Å². The number of phenols is 2. The third-order valence-electron chi connectivity index (χ3n) is 4.30. The molecule has 1 aromatic rings. The number of rotatable bonds is 7. The van der Waals surface area contributed by atoms with Gasteiger partial charge in [-0.2, -0.15) is 0 Å². The van der Waals surface area contributed by atoms with Crippen LogP contribution in [0.25, 0.3) is 0 Å². The minimum Gasteiger partial charge on any atom is -0.504 e. The van der Waals surface area contributed by atoms with Crippen LogP contribution >= 0.6 is 0 Å². The van der Waals surface area contributed by atoms with Crippen molar-refractivity contribution in [2.75, 3.05) is 26.3 Å². The number of nitrogens with zero attached hydrogens (tertiary/aromatic N) is 1. The van der Waals surface area contributed by atoms with Crippen molar-refractivity contribution in [3.8, 4) is 11.5 Å². The third kappa shape index (κ3) is 3.89. The van der Waals surface area contributed by atoms with E-state index in [0.717, 1.165) is 57.6 Å². The van der Waals surface area contributed by atoms with Crippen molar-refractivity contribution in [3.63, 3.8) is 0 Å². The van der Waals surface area contributed by atoms with Crippen LogP contribution in [0, 0.1) is 0 Å². The minimum atomic E-state index is -0.00559. The lowest BCUT2D eigenvalue weighted by molar-refractivity contribution is 0.0893. The Balaban J connectivity index is 2.05. The Kier molecular flexibility index (Phi) is 5.88. The Bertz CT molecular complexity index is 462. The van der Waals surface area contributed by atoms with E-state index in [1.165, 1.54) is 5.56 Å². The maximum absolute atomic E-state index is 9.96. The average Bonchev–Trinajstić information content (AvgIpc) is 2.50. The predicted molar refractivity (Wildman–Crippen MR) is 83.9 cm³/mol. The Morgan fingerprint density at radius 1 is 1.24 bits per heavy atom. The summed E-state index contributed by atoms with van der Waals surface area (Å²) in [4.78, 5) is 2.50. The van der Waals surface area contributed by atoms with E-state index in [9.17, 15) is 10.2 Å². The van der Waals surface area contributed by atoms with Gasteiger partial charge in [-0.1, -0.05) is 13.0 Å². The Morgan fingerprint density at radius 3 is 2.76 bits per heavy atom. The van der Waals surface area contributed by atoms with Gasteiger partial charge in [-0.15, -0.1) is 0 Å². The second kappa shape index (κ2) is 7.66. The first-order valence-corrected chi connectivity index (χ1v) is 8.01. The van der Waals surface area contributed by atoms with E-state index in [4.69, 9.17) is 4.74 Å². The van der Waals surface area contributed by atoms with Crippen LogP contribution in [0.5, 0.6) is 11.5 Å². The topological polar surface area (TPSA) is 52.9 Å². The molecule has 0 aromatic heterocycles. The maximum atomic E-state index is 9.96. The molecule has 4 nitrogen and oxygen atoms in total. The van der Waals surface area contributed by atoms with Crippen molar-refractivity contribution in [1.82, 2.24) is 4.90 Å². The molecule has 1 aliphatic rings. The summed E-state index contributed by atoms with van der Waals surface area (Å²) in [5, 5.41) is 19.6. The molecule has 0 spiro atoms. The molecule has 2 N–H and O–H groups in total. The van der Waals surface area contributed by atoms with E-state index < -0.39 is 0 Å². The van der Waals surface area contributed by atoms with Crippen molar-refractivity contribution in [3.05, 3.63) is 23.3 Å². The van der Waals surface area contributed by atoms with Gasteiger partial charge in [-0.25, -0.2) is 0 Å². The second-order valence-electron chi connectivity index (χ2n) is 5.70. The summed E-state index contributed by atoms with van der Waals surface area (Å²) < 4.78 is 5.49. The summed E-state index contributed by atoms with van der Waals surface area (Å²) in [6.07, 6.45) is 3.93. The summed E-state index contributed by atoms with van der Waals surface area (Å²) in [6.45, 7) is 7.81. The molecule has 1 atom stereocenters. The SMILES string of the molecule is CCCN(CCOCC)[C@H]1CCc2c(ccc(O)c2O)C1. The van der Waals surface area contributed by atoms with Gasteiger partial charge in [0.1, 0.15) is 0 Å². The van der Waals surface area contributed by atoms with Gasteiger partial charge >= 0.3 is 0 Å². The van der Waals surface area contributed by atoms with E-state index >= 15 is 0 Å². The highest BCUT2D eigenvalue weighted by Crippen LogP contribution is 2.36. The second-order valence-corrected chi connectivity index (χ2v) is 5.70. The van der Waals surface area contributed by atoms with Crippen molar-refractivity contribution in [1.29, 1.82) is 0 Å². The standard InChI is InChI=1S/C17H27NO3/c1-3-9-18(10-11-21-4-2)14-6-7-15-13(12-14)5-8-16(19)17(15)20/h5,8,14,19-20H,3-4,6-7,9-12H2,1-2H3/t14-/m0/s1. The molecule has 21 heavy (non-hydrogen) atoms. The molecule has 0 aliphatic heterocycles. The Labute approximate surface area is 127 Å². The molecule has 118 valence electrons. The van der Waals surface area contributed by atoms with Crippen molar-refractivity contribution in [2.24, 2.45) is 0 Å². The van der Waals surface area contributed by atoms with Crippen LogP contribution in [0.15, 0.2) is 12.1 Å². The highest BCUT2D eigenvalue weighted by Gasteiger charge is 2.26. The van der Waals surface area contributed by atoms with Crippen molar-refractivity contribution in [2.45, 2.75) is 45.6 Å². The first-order chi connectivity index (χ1) is 10.2. The van der Waals surface area contributed by atoms with Crippen LogP contribution in [0.2, 0.25) is 0 Å². The number of phenolic OH excluding ortho intramolecular Hbond substituents is 2. The van der Waals surface area contributed by atoms with Gasteiger partial charge in [0.2, 0.25) is 0 Å². The number of hydrogen-bond donors (Lipinski definition) is 2. The molecule has 0 fully saturated rings. The van der Waals surface area contributed by atoms with Crippen LogP contribution < -0.4 is 0 Å². The Morgan fingerprint density at radius 2 is 2.05 bits per heavy atom. The van der Waals surface area contributed by atoms with Gasteiger partial charge in [-0.3, -0.25) is 4.90 Å². The molecular weight excluding hydrogens is 266 g/mol. The van der Waals surface area contributed by atoms with E-state index in [1.54, 1.807) is 6.07 Å². The highest BCUT2D eigenvalue weighted by molar-refractivity contribution is 5.50. The Hall–Kier alpha value is -1.26. The molecule has 2 rings (SSSR count). The molecule has 0 heterocycles. The van der Waals surface area contributed by atoms with E-state index in [0.29, 0.717) is 6.04 Å². The van der Waals surface area contributed by atoms with E-state index in [2.05, 4.69) is 11.8 Å². The molecular formula is C17H27NO3. The lowest BCUT2D eigenvalue weighted by atomic mass is 9.86. The fraction of sp³-hybridized carbons (Fsp3) is 0.647. The van der Waals surface area contributed by atoms with E-state index in [-0.39, 0.29) is 11.5 Å². The molecule has 0 unspecified atom stereocenters. The number of fused-ring (bicyclic) bond motifs is 1. The van der Waals surface area contributed by atoms with Gasteiger partial charge < -0.3 is 14.9 Å². The van der Waals surface area contributed by atoms with Gasteiger partial charge in [-0.05, 0) is 50.8 Å². The molecule has 0 saturated carbocycles. The summed E-state index contributed by atoms with van der Waals surface area (Å²) in [7, 11) is 0. The molecule has 1 aliphatic carbocycles. The first-order valence-electron chi connectivity index (χ1n) is 8.01. The van der Waals surface area contributed by atoms with Crippen molar-refractivity contribution < 1.29 is 14.9 Å². The number of aromatic hydroxyl groups is 2. The van der Waals surface area contributed by atoms with Crippen LogP contribution in [0.3, 0.4) is 0 Å². The highest BCUT2D eigenvalue weighted by atomic mass is 16.5. The molecule has 0 radical (unpaired) electrons. The van der Waals surface area contributed by atoms with Crippen LogP contribution in [0.4, 0.5) is 0 Å². The lowest BCUT2D eigenvalue weighted by Crippen LogP contribution is -2.41. The van der Waals surface area contributed by atoms with Gasteiger partial charge in [0.05, 0.1) is 6.61 Å². The zero-order valence-electron chi connectivity index (χ0n) is 13.1. The summed E-state index contributed by atoms with van der Waals surface area (Å²) >= 11 is 0. The molecule has 1 aromatic carbocycles. The number of benzene rings is 1. The smallest absolute Gasteiger partial charge is 0.160 e. The zero-order chi connectivity index (χ0) is 15.2. The predicted octanol–water partition coefficient (Wildman–Crippen LogP) is 2.70. The molecule has 0 amide bonds. The monoisotopic (exact) mass is 293 g/mol. The molecule has 0 bridgehead atoms. The summed E-state index contributed by atoms with van der Waals surface area (Å²) in [5.74, 6) is 0.0660. The first kappa shape index (κ1) is 16.1. The third-order valence-corrected chi connectivity index (χ3v) is 4.30. The minimum absolute atomic E-state index is 0.00559. The van der Waals surface area contributed by atoms with Gasteiger partial charge in [0, 0.05) is 24.8 Å². The largest absolute Gasteiger partial charge is 0.504 e. The van der Waals surface area contributed by atoms with Crippen LogP contribution in [-0.4, -0.2) is 47.5 Å². The quantitative estimate of drug-likeness (QED) is 0.599. The maximum Gasteiger partial charge on any atom is 0.160 e. The average molecular weight is 293 g/mol. The fourth-order valence-corrected chi connectivity index (χ4v) is 3.20. The fourth-order valence-electron chi connectivity index (χ4n) is 3.20. The summed E-state index contributed by atoms with van der Waals surface area (Å²) in [6, 6.07) is 4.05. The lowest BCUT2D eigenvalue weighted by Gasteiger charge is -2.35. The molecule has 4 heteroatoms. The number of hydrogen-bond acceptors (Lipinski definition) is 4. The van der Waals surface area contributed by atoms with Crippen LogP contribution in [-0.2, 0) is 17.6 Å². The van der Waals surface area contributed by atoms with Crippen molar-refractivity contribution >= 4 is 0 Å². The number of ether oxygens (including phenoxy) is 1. The van der Waals surface area contributed by atoms with E-state index in [1.807, 2.05) is 13.0 Å². The zero-order valence-corrected chi connectivity index (χ0v) is 13.1. The van der Waals surface area contributed by atoms with Gasteiger partial charge in [0.25, 0.3) is 0 Å². The normalized spacial score (nSPS) is 18.0. The molecule has 0 saturated heterocycles.